The Bertz CT molecular complexity index is 862. The van der Waals surface area contributed by atoms with Gasteiger partial charge in [0.25, 0.3) is 5.91 Å². The van der Waals surface area contributed by atoms with E-state index in [4.69, 9.17) is 21.1 Å². The van der Waals surface area contributed by atoms with Gasteiger partial charge in [0.15, 0.2) is 0 Å². The summed E-state index contributed by atoms with van der Waals surface area (Å²) < 4.78 is 12.9. The lowest BCUT2D eigenvalue weighted by atomic mass is 10.1. The van der Waals surface area contributed by atoms with Crippen LogP contribution in [0.5, 0.6) is 5.75 Å². The monoisotopic (exact) mass is 364 g/mol. The second kappa shape index (κ2) is 7.45. The van der Waals surface area contributed by atoms with Gasteiger partial charge in [-0.25, -0.2) is 0 Å². The van der Waals surface area contributed by atoms with Crippen LogP contribution in [0.4, 0.5) is 0 Å². The molecule has 6 nitrogen and oxygen atoms in total. The predicted molar refractivity (Wildman–Crippen MR) is 96.8 cm³/mol. The highest BCUT2D eigenvalue weighted by atomic mass is 35.5. The van der Waals surface area contributed by atoms with Gasteiger partial charge in [-0.3, -0.25) is 9.59 Å². The zero-order valence-corrected chi connectivity index (χ0v) is 15.1. The smallest absolute Gasteiger partial charge is 0.256 e. The van der Waals surface area contributed by atoms with Crippen LogP contribution in [-0.2, 0) is 11.3 Å². The van der Waals surface area contributed by atoms with Crippen molar-refractivity contribution in [3.8, 4) is 5.75 Å². The van der Waals surface area contributed by atoms with Crippen molar-refractivity contribution in [3.63, 3.8) is 0 Å². The summed E-state index contributed by atoms with van der Waals surface area (Å²) in [4.78, 5) is 25.3. The van der Waals surface area contributed by atoms with Crippen LogP contribution < -0.4 is 15.5 Å². The molecule has 134 valence electrons. The molecule has 2 heterocycles. The van der Waals surface area contributed by atoms with E-state index in [9.17, 15) is 9.59 Å². The molecule has 0 aliphatic carbocycles. The molecule has 0 bridgehead atoms. The van der Waals surface area contributed by atoms with Gasteiger partial charge in [-0.05, 0) is 32.4 Å². The highest BCUT2D eigenvalue weighted by Gasteiger charge is 2.24. The number of hydrogen-bond donors (Lipinski definition) is 1. The van der Waals surface area contributed by atoms with Gasteiger partial charge in [0, 0.05) is 26.0 Å². The molecule has 0 unspecified atom stereocenters. The third kappa shape index (κ3) is 3.50. The Morgan fingerprint density at radius 3 is 3.04 bits per heavy atom. The quantitative estimate of drug-likeness (QED) is 0.800. The van der Waals surface area contributed by atoms with Gasteiger partial charge < -0.3 is 19.4 Å². The van der Waals surface area contributed by atoms with Crippen LogP contribution in [0.2, 0.25) is 5.02 Å². The summed E-state index contributed by atoms with van der Waals surface area (Å²) in [5, 5.41) is 3.42. The largest absolute Gasteiger partial charge is 0.487 e. The predicted octanol–water partition coefficient (Wildman–Crippen LogP) is 2.59. The lowest BCUT2D eigenvalue weighted by Gasteiger charge is -2.26. The molecule has 1 aromatic heterocycles. The van der Waals surface area contributed by atoms with Crippen molar-refractivity contribution in [2.75, 3.05) is 19.8 Å². The standard InChI is InChI=1S/C18H21ClN2O4/c1-3-24-8-4-7-20-18(23)12-10-21-9-11(2)25-14-6-5-13(19)15(16(14)21)17(12)22/h5-6,10-11H,3-4,7-9H2,1-2H3,(H,20,23)/t11-/m0/s1. The Morgan fingerprint density at radius 1 is 1.48 bits per heavy atom. The number of ether oxygens (including phenoxy) is 2. The third-order valence-electron chi connectivity index (χ3n) is 4.12. The summed E-state index contributed by atoms with van der Waals surface area (Å²) in [6.07, 6.45) is 2.24. The molecule has 0 radical (unpaired) electrons. The normalized spacial score (nSPS) is 15.9. The number of amides is 1. The molecule has 1 aromatic carbocycles. The van der Waals surface area contributed by atoms with Gasteiger partial charge in [-0.2, -0.15) is 0 Å². The van der Waals surface area contributed by atoms with Gasteiger partial charge in [-0.15, -0.1) is 0 Å². The first kappa shape index (κ1) is 17.8. The van der Waals surface area contributed by atoms with Crippen molar-refractivity contribution >= 4 is 28.4 Å². The average Bonchev–Trinajstić information content (AvgIpc) is 2.58. The molecule has 0 fully saturated rings. The minimum atomic E-state index is -0.396. The van der Waals surface area contributed by atoms with Crippen LogP contribution >= 0.6 is 11.6 Å². The second-order valence-corrected chi connectivity index (χ2v) is 6.44. The summed E-state index contributed by atoms with van der Waals surface area (Å²) in [5.41, 5.74) is 0.360. The Hall–Kier alpha value is -2.05. The van der Waals surface area contributed by atoms with Crippen molar-refractivity contribution < 1.29 is 14.3 Å². The van der Waals surface area contributed by atoms with E-state index in [1.165, 1.54) is 0 Å². The number of benzene rings is 1. The molecule has 7 heteroatoms. The Balaban J connectivity index is 1.95. The number of halogens is 1. The SMILES string of the molecule is CCOCCCNC(=O)c1cn2c3c(ccc(Cl)c3c1=O)O[C@@H](C)C2. The average molecular weight is 365 g/mol. The van der Waals surface area contributed by atoms with E-state index < -0.39 is 5.91 Å². The number of hydrogen-bond acceptors (Lipinski definition) is 4. The summed E-state index contributed by atoms with van der Waals surface area (Å²) in [7, 11) is 0. The van der Waals surface area contributed by atoms with Crippen molar-refractivity contribution in [2.45, 2.75) is 32.9 Å². The first-order chi connectivity index (χ1) is 12.0. The first-order valence-corrected chi connectivity index (χ1v) is 8.79. The number of rotatable bonds is 6. The topological polar surface area (TPSA) is 69.6 Å². The molecular weight excluding hydrogens is 344 g/mol. The zero-order valence-electron chi connectivity index (χ0n) is 14.3. The highest BCUT2D eigenvalue weighted by molar-refractivity contribution is 6.35. The van der Waals surface area contributed by atoms with Crippen molar-refractivity contribution in [2.24, 2.45) is 0 Å². The van der Waals surface area contributed by atoms with Crippen LogP contribution in [-0.4, -0.2) is 36.3 Å². The number of aromatic nitrogens is 1. The molecule has 1 amide bonds. The van der Waals surface area contributed by atoms with E-state index in [0.717, 1.165) is 0 Å². The molecule has 1 aliphatic heterocycles. The Labute approximate surface area is 150 Å². The molecular formula is C18H21ClN2O4. The maximum Gasteiger partial charge on any atom is 0.256 e. The van der Waals surface area contributed by atoms with E-state index in [1.54, 1.807) is 18.3 Å². The van der Waals surface area contributed by atoms with E-state index in [1.807, 2.05) is 18.4 Å². The molecule has 3 rings (SSSR count). The van der Waals surface area contributed by atoms with E-state index in [-0.39, 0.29) is 17.1 Å². The fourth-order valence-electron chi connectivity index (χ4n) is 3.01. The Morgan fingerprint density at radius 2 is 2.28 bits per heavy atom. The molecule has 1 atom stereocenters. The molecule has 25 heavy (non-hydrogen) atoms. The number of nitrogens with one attached hydrogen (secondary N) is 1. The Kier molecular flexibility index (Phi) is 5.30. The third-order valence-corrected chi connectivity index (χ3v) is 4.43. The number of carbonyl (C=O) groups excluding carboxylic acids is 1. The first-order valence-electron chi connectivity index (χ1n) is 8.41. The van der Waals surface area contributed by atoms with Gasteiger partial charge in [-0.1, -0.05) is 11.6 Å². The minimum Gasteiger partial charge on any atom is -0.487 e. The lowest BCUT2D eigenvalue weighted by molar-refractivity contribution is 0.0942. The van der Waals surface area contributed by atoms with Crippen molar-refractivity contribution in [3.05, 3.63) is 39.1 Å². The molecule has 2 aromatic rings. The van der Waals surface area contributed by atoms with Crippen molar-refractivity contribution in [1.82, 2.24) is 9.88 Å². The maximum atomic E-state index is 12.8. The zero-order chi connectivity index (χ0) is 18.0. The summed E-state index contributed by atoms with van der Waals surface area (Å²) >= 11 is 6.24. The minimum absolute atomic E-state index is 0.0542. The second-order valence-electron chi connectivity index (χ2n) is 6.03. The summed E-state index contributed by atoms with van der Waals surface area (Å²) in [5.74, 6) is 0.215. The fraction of sp³-hybridized carbons (Fsp3) is 0.444. The van der Waals surface area contributed by atoms with Crippen LogP contribution in [0.1, 0.15) is 30.6 Å². The van der Waals surface area contributed by atoms with Crippen LogP contribution in [0.25, 0.3) is 10.9 Å². The summed E-state index contributed by atoms with van der Waals surface area (Å²) in [6.45, 7) is 6.07. The van der Waals surface area contributed by atoms with Gasteiger partial charge in [0.05, 0.1) is 22.5 Å². The van der Waals surface area contributed by atoms with Crippen molar-refractivity contribution in [1.29, 1.82) is 0 Å². The molecule has 0 saturated heterocycles. The molecule has 1 aliphatic rings. The van der Waals surface area contributed by atoms with E-state index in [0.29, 0.717) is 54.4 Å². The lowest BCUT2D eigenvalue weighted by Crippen LogP contribution is -2.33. The molecule has 0 spiro atoms. The maximum absolute atomic E-state index is 12.8. The van der Waals surface area contributed by atoms with E-state index >= 15 is 0 Å². The number of pyridine rings is 1. The molecule has 0 saturated carbocycles. The van der Waals surface area contributed by atoms with E-state index in [2.05, 4.69) is 5.32 Å². The molecule has 1 N–H and O–H groups in total. The van der Waals surface area contributed by atoms with Crippen LogP contribution in [0.3, 0.4) is 0 Å². The number of nitrogens with zero attached hydrogens (tertiary/aromatic N) is 1. The number of carbonyl (C=O) groups is 1. The van der Waals surface area contributed by atoms with Gasteiger partial charge in [0.1, 0.15) is 17.4 Å². The summed E-state index contributed by atoms with van der Waals surface area (Å²) in [6, 6.07) is 3.39. The van der Waals surface area contributed by atoms with Gasteiger partial charge >= 0.3 is 0 Å². The van der Waals surface area contributed by atoms with Gasteiger partial charge in [0.2, 0.25) is 5.43 Å². The van der Waals surface area contributed by atoms with Crippen LogP contribution in [0.15, 0.2) is 23.1 Å². The fourth-order valence-corrected chi connectivity index (χ4v) is 3.25. The highest BCUT2D eigenvalue weighted by Crippen LogP contribution is 2.33. The van der Waals surface area contributed by atoms with Crippen LogP contribution in [0, 0.1) is 0 Å².